The van der Waals surface area contributed by atoms with Crippen LogP contribution in [0.5, 0.6) is 0 Å². The van der Waals surface area contributed by atoms with Crippen LogP contribution in [0.1, 0.15) is 47.0 Å². The molecule has 0 saturated heterocycles. The highest BCUT2D eigenvalue weighted by atomic mass is 16.6. The van der Waals surface area contributed by atoms with Gasteiger partial charge in [-0.2, -0.15) is 0 Å². The maximum atomic E-state index is 11.6. The number of carboxylic acids is 1. The molecular formula is C15H23NO4. The van der Waals surface area contributed by atoms with Crippen molar-refractivity contribution in [3.8, 4) is 0 Å². The minimum Gasteiger partial charge on any atom is -0.480 e. The number of nitrogens with one attached hydrogen (secondary N) is 1. The lowest BCUT2D eigenvalue weighted by molar-refractivity contribution is -0.139. The molecule has 0 aromatic carbocycles. The first kappa shape index (κ1) is 16.3. The zero-order valence-corrected chi connectivity index (χ0v) is 12.5. The van der Waals surface area contributed by atoms with Crippen LogP contribution in [0.15, 0.2) is 23.3 Å². The summed E-state index contributed by atoms with van der Waals surface area (Å²) < 4.78 is 5.08. The van der Waals surface area contributed by atoms with E-state index < -0.39 is 23.7 Å². The summed E-state index contributed by atoms with van der Waals surface area (Å²) in [5.74, 6) is -1.06. The van der Waals surface area contributed by atoms with Crippen molar-refractivity contribution in [2.24, 2.45) is 0 Å². The fourth-order valence-corrected chi connectivity index (χ4v) is 1.96. The number of hydrogen-bond acceptors (Lipinski definition) is 3. The van der Waals surface area contributed by atoms with E-state index in [0.29, 0.717) is 0 Å². The summed E-state index contributed by atoms with van der Waals surface area (Å²) in [6.07, 6.45) is 5.47. The number of aliphatic carboxylic acids is 1. The van der Waals surface area contributed by atoms with E-state index in [1.54, 1.807) is 20.8 Å². The molecule has 5 heteroatoms. The lowest BCUT2D eigenvalue weighted by Crippen LogP contribution is -2.43. The maximum absolute atomic E-state index is 11.6. The lowest BCUT2D eigenvalue weighted by Gasteiger charge is -2.22. The molecule has 0 aliphatic heterocycles. The number of allylic oxidation sites excluding steroid dienone is 3. The summed E-state index contributed by atoms with van der Waals surface area (Å²) in [5, 5.41) is 11.6. The Bertz CT molecular complexity index is 443. The van der Waals surface area contributed by atoms with Gasteiger partial charge in [-0.15, -0.1) is 0 Å². The van der Waals surface area contributed by atoms with Gasteiger partial charge in [0, 0.05) is 6.42 Å². The highest BCUT2D eigenvalue weighted by Gasteiger charge is 2.24. The largest absolute Gasteiger partial charge is 0.480 e. The average molecular weight is 281 g/mol. The fourth-order valence-electron chi connectivity index (χ4n) is 1.96. The summed E-state index contributed by atoms with van der Waals surface area (Å²) in [5.41, 5.74) is 1.52. The summed E-state index contributed by atoms with van der Waals surface area (Å²) >= 11 is 0. The van der Waals surface area contributed by atoms with E-state index >= 15 is 0 Å². The Labute approximate surface area is 119 Å². The molecule has 112 valence electrons. The Morgan fingerprint density at radius 2 is 2.10 bits per heavy atom. The second-order valence-corrected chi connectivity index (χ2v) is 6.05. The Hall–Kier alpha value is -1.78. The third kappa shape index (κ3) is 5.91. The molecule has 0 aromatic heterocycles. The molecular weight excluding hydrogens is 258 g/mol. The van der Waals surface area contributed by atoms with Gasteiger partial charge in [0.1, 0.15) is 11.6 Å². The van der Waals surface area contributed by atoms with Gasteiger partial charge in [0.25, 0.3) is 0 Å². The van der Waals surface area contributed by atoms with Crippen molar-refractivity contribution in [1.29, 1.82) is 0 Å². The normalized spacial score (nSPS) is 16.8. The second kappa shape index (κ2) is 6.59. The van der Waals surface area contributed by atoms with Crippen LogP contribution in [0.4, 0.5) is 4.79 Å². The van der Waals surface area contributed by atoms with Crippen molar-refractivity contribution in [2.45, 2.75) is 58.6 Å². The summed E-state index contributed by atoms with van der Waals surface area (Å²) in [6, 6.07) is -0.974. The van der Waals surface area contributed by atoms with Gasteiger partial charge in [-0.25, -0.2) is 9.59 Å². The van der Waals surface area contributed by atoms with Gasteiger partial charge >= 0.3 is 12.1 Å². The van der Waals surface area contributed by atoms with E-state index in [4.69, 9.17) is 4.74 Å². The van der Waals surface area contributed by atoms with Crippen molar-refractivity contribution < 1.29 is 19.4 Å². The van der Waals surface area contributed by atoms with Crippen LogP contribution >= 0.6 is 0 Å². The van der Waals surface area contributed by atoms with Gasteiger partial charge in [0.05, 0.1) is 0 Å². The molecule has 20 heavy (non-hydrogen) atoms. The summed E-state index contributed by atoms with van der Waals surface area (Å²) in [6.45, 7) is 7.22. The SMILES string of the molecule is CC1=CC(CC(NC(=O)OC(C)(C)C)C(=O)O)=CCC1. The van der Waals surface area contributed by atoms with Gasteiger partial charge in [-0.05, 0) is 46.1 Å². The van der Waals surface area contributed by atoms with Crippen LogP contribution in [-0.2, 0) is 9.53 Å². The predicted octanol–water partition coefficient (Wildman–Crippen LogP) is 3.02. The van der Waals surface area contributed by atoms with E-state index in [2.05, 4.69) is 5.32 Å². The molecule has 1 unspecified atom stereocenters. The minimum absolute atomic E-state index is 0.270. The standard InChI is InChI=1S/C15H23NO4/c1-10-6-5-7-11(8-10)9-12(13(17)18)16-14(19)20-15(2,3)4/h7-8,12H,5-6,9H2,1-4H3,(H,16,19)(H,17,18). The molecule has 0 fully saturated rings. The minimum atomic E-state index is -1.06. The zero-order chi connectivity index (χ0) is 15.3. The molecule has 0 saturated carbocycles. The molecule has 1 aliphatic rings. The lowest BCUT2D eigenvalue weighted by atomic mass is 9.96. The highest BCUT2D eigenvalue weighted by molar-refractivity contribution is 5.80. The van der Waals surface area contributed by atoms with Crippen molar-refractivity contribution in [1.82, 2.24) is 5.32 Å². The highest BCUT2D eigenvalue weighted by Crippen LogP contribution is 2.20. The average Bonchev–Trinajstić information content (AvgIpc) is 2.25. The molecule has 0 bridgehead atoms. The topological polar surface area (TPSA) is 75.6 Å². The summed E-state index contributed by atoms with van der Waals surface area (Å²) in [7, 11) is 0. The second-order valence-electron chi connectivity index (χ2n) is 6.05. The Balaban J connectivity index is 2.64. The van der Waals surface area contributed by atoms with Crippen LogP contribution in [0.25, 0.3) is 0 Å². The van der Waals surface area contributed by atoms with Crippen molar-refractivity contribution in [3.63, 3.8) is 0 Å². The zero-order valence-electron chi connectivity index (χ0n) is 12.5. The molecule has 1 rings (SSSR count). The quantitative estimate of drug-likeness (QED) is 0.830. The smallest absolute Gasteiger partial charge is 0.408 e. The van der Waals surface area contributed by atoms with Crippen LogP contribution in [0.2, 0.25) is 0 Å². The van der Waals surface area contributed by atoms with Crippen molar-refractivity contribution >= 4 is 12.1 Å². The van der Waals surface area contributed by atoms with Crippen LogP contribution in [0.3, 0.4) is 0 Å². The van der Waals surface area contributed by atoms with Crippen LogP contribution in [0, 0.1) is 0 Å². The molecule has 2 N–H and O–H groups in total. The van der Waals surface area contributed by atoms with Crippen LogP contribution < -0.4 is 5.32 Å². The number of carbonyl (C=O) groups is 2. The number of carboxylic acid groups (broad SMARTS) is 1. The van der Waals surface area contributed by atoms with E-state index in [1.165, 1.54) is 5.57 Å². The molecule has 0 aromatic rings. The fraction of sp³-hybridized carbons (Fsp3) is 0.600. The van der Waals surface area contributed by atoms with Gasteiger partial charge in [0.2, 0.25) is 0 Å². The van der Waals surface area contributed by atoms with E-state index in [1.807, 2.05) is 19.1 Å². The first-order valence-corrected chi connectivity index (χ1v) is 6.76. The molecule has 1 aliphatic carbocycles. The first-order chi connectivity index (χ1) is 9.17. The van der Waals surface area contributed by atoms with Gasteiger partial charge < -0.3 is 15.2 Å². The first-order valence-electron chi connectivity index (χ1n) is 6.76. The van der Waals surface area contributed by atoms with Gasteiger partial charge in [-0.3, -0.25) is 0 Å². The summed E-state index contributed by atoms with van der Waals surface area (Å²) in [4.78, 5) is 22.9. The Kier molecular flexibility index (Phi) is 5.36. The van der Waals surface area contributed by atoms with E-state index in [0.717, 1.165) is 18.4 Å². The molecule has 0 radical (unpaired) electrons. The van der Waals surface area contributed by atoms with Gasteiger partial charge in [-0.1, -0.05) is 17.7 Å². The Morgan fingerprint density at radius 3 is 2.60 bits per heavy atom. The van der Waals surface area contributed by atoms with Crippen molar-refractivity contribution in [3.05, 3.63) is 23.3 Å². The maximum Gasteiger partial charge on any atom is 0.408 e. The number of ether oxygens (including phenoxy) is 1. The monoisotopic (exact) mass is 281 g/mol. The van der Waals surface area contributed by atoms with Crippen molar-refractivity contribution in [2.75, 3.05) is 0 Å². The molecule has 0 heterocycles. The molecule has 0 spiro atoms. The van der Waals surface area contributed by atoms with Gasteiger partial charge in [0.15, 0.2) is 0 Å². The molecule has 1 amide bonds. The number of hydrogen-bond donors (Lipinski definition) is 2. The third-order valence-electron chi connectivity index (χ3n) is 2.81. The van der Waals surface area contributed by atoms with E-state index in [-0.39, 0.29) is 6.42 Å². The number of rotatable bonds is 4. The number of amides is 1. The van der Waals surface area contributed by atoms with Crippen LogP contribution in [-0.4, -0.2) is 28.8 Å². The predicted molar refractivity (Wildman–Crippen MR) is 76.5 cm³/mol. The van der Waals surface area contributed by atoms with E-state index in [9.17, 15) is 14.7 Å². The number of alkyl carbamates (subject to hydrolysis) is 1. The third-order valence-corrected chi connectivity index (χ3v) is 2.81. The Morgan fingerprint density at radius 1 is 1.45 bits per heavy atom. The number of carbonyl (C=O) groups excluding carboxylic acids is 1. The molecule has 1 atom stereocenters. The molecule has 5 nitrogen and oxygen atoms in total.